The highest BCUT2D eigenvalue weighted by Gasteiger charge is 2.16. The van der Waals surface area contributed by atoms with E-state index in [0.717, 1.165) is 11.3 Å². The number of benzene rings is 1. The second kappa shape index (κ2) is 4.82. The predicted octanol–water partition coefficient (Wildman–Crippen LogP) is 3.15. The lowest BCUT2D eigenvalue weighted by atomic mass is 9.85. The van der Waals surface area contributed by atoms with Gasteiger partial charge in [0.15, 0.2) is 0 Å². The second-order valence-electron chi connectivity index (χ2n) is 6.16. The minimum absolute atomic E-state index is 0.171. The molecule has 0 unspecified atom stereocenters. The zero-order valence-corrected chi connectivity index (χ0v) is 12.5. The van der Waals surface area contributed by atoms with E-state index in [1.54, 1.807) is 0 Å². The molecule has 0 fully saturated rings. The van der Waals surface area contributed by atoms with Crippen molar-refractivity contribution in [2.75, 3.05) is 0 Å². The number of nitrogens with zero attached hydrogens (tertiary/aromatic N) is 2. The zero-order chi connectivity index (χ0) is 14.2. The molecule has 3 heteroatoms. The molecule has 2 N–H and O–H groups in total. The Morgan fingerprint density at radius 3 is 2.47 bits per heavy atom. The highest BCUT2D eigenvalue weighted by Crippen LogP contribution is 2.30. The minimum atomic E-state index is 0.171. The van der Waals surface area contributed by atoms with E-state index < -0.39 is 0 Å². The standard InChI is InChI=1S/C16H23N3/c1-11-8-13(16(2,3)4)6-7-14(11)15-12(9-17)10-19(5)18-15/h6-8,10H,9,17H2,1-5H3. The van der Waals surface area contributed by atoms with E-state index >= 15 is 0 Å². The highest BCUT2D eigenvalue weighted by molar-refractivity contribution is 5.67. The van der Waals surface area contributed by atoms with Crippen LogP contribution >= 0.6 is 0 Å². The second-order valence-corrected chi connectivity index (χ2v) is 6.16. The van der Waals surface area contributed by atoms with E-state index in [0.29, 0.717) is 6.54 Å². The fraction of sp³-hybridized carbons (Fsp3) is 0.438. The molecule has 102 valence electrons. The lowest BCUT2D eigenvalue weighted by Gasteiger charge is -2.20. The van der Waals surface area contributed by atoms with Gasteiger partial charge in [0.1, 0.15) is 0 Å². The van der Waals surface area contributed by atoms with Crippen LogP contribution in [0.5, 0.6) is 0 Å². The predicted molar refractivity (Wildman–Crippen MR) is 80.0 cm³/mol. The maximum absolute atomic E-state index is 5.80. The SMILES string of the molecule is Cc1cc(C(C)(C)C)ccc1-c1nn(C)cc1CN. The third kappa shape index (κ3) is 2.71. The van der Waals surface area contributed by atoms with Gasteiger partial charge in [-0.15, -0.1) is 0 Å². The van der Waals surface area contributed by atoms with Gasteiger partial charge in [0, 0.05) is 30.9 Å². The molecule has 1 heterocycles. The van der Waals surface area contributed by atoms with Crippen molar-refractivity contribution >= 4 is 0 Å². The lowest BCUT2D eigenvalue weighted by molar-refractivity contribution is 0.590. The van der Waals surface area contributed by atoms with E-state index in [-0.39, 0.29) is 5.41 Å². The van der Waals surface area contributed by atoms with Crippen molar-refractivity contribution in [1.29, 1.82) is 0 Å². The number of nitrogens with two attached hydrogens (primary N) is 1. The van der Waals surface area contributed by atoms with E-state index in [1.807, 2.05) is 17.9 Å². The molecule has 0 saturated heterocycles. The Labute approximate surface area is 115 Å². The molecule has 0 amide bonds. The number of hydrogen-bond donors (Lipinski definition) is 1. The summed E-state index contributed by atoms with van der Waals surface area (Å²) in [6.45, 7) is 9.35. The summed E-state index contributed by atoms with van der Waals surface area (Å²) < 4.78 is 1.83. The Morgan fingerprint density at radius 2 is 1.95 bits per heavy atom. The van der Waals surface area contributed by atoms with Crippen molar-refractivity contribution in [3.63, 3.8) is 0 Å². The van der Waals surface area contributed by atoms with Crippen LogP contribution in [0.3, 0.4) is 0 Å². The van der Waals surface area contributed by atoms with Crippen molar-refractivity contribution in [3.05, 3.63) is 41.1 Å². The van der Waals surface area contributed by atoms with Gasteiger partial charge in [0.2, 0.25) is 0 Å². The van der Waals surface area contributed by atoms with Crippen LogP contribution < -0.4 is 5.73 Å². The Hall–Kier alpha value is -1.61. The molecular weight excluding hydrogens is 234 g/mol. The Kier molecular flexibility index (Phi) is 3.50. The molecule has 2 rings (SSSR count). The van der Waals surface area contributed by atoms with E-state index in [4.69, 9.17) is 5.73 Å². The number of aromatic nitrogens is 2. The molecule has 0 aliphatic carbocycles. The summed E-state index contributed by atoms with van der Waals surface area (Å²) in [4.78, 5) is 0. The minimum Gasteiger partial charge on any atom is -0.326 e. The summed E-state index contributed by atoms with van der Waals surface area (Å²) in [6, 6.07) is 6.61. The topological polar surface area (TPSA) is 43.8 Å². The van der Waals surface area contributed by atoms with Gasteiger partial charge in [-0.2, -0.15) is 5.10 Å². The van der Waals surface area contributed by atoms with Gasteiger partial charge in [-0.25, -0.2) is 0 Å². The molecule has 0 aliphatic heterocycles. The maximum atomic E-state index is 5.80. The molecule has 0 saturated carbocycles. The van der Waals surface area contributed by atoms with Crippen LogP contribution in [0.1, 0.15) is 37.5 Å². The number of aryl methyl sites for hydroxylation is 2. The van der Waals surface area contributed by atoms with Gasteiger partial charge in [-0.3, -0.25) is 4.68 Å². The Balaban J connectivity index is 2.52. The summed E-state index contributed by atoms with van der Waals surface area (Å²) in [6.07, 6.45) is 1.99. The van der Waals surface area contributed by atoms with Crippen LogP contribution in [0.15, 0.2) is 24.4 Å². The number of hydrogen-bond acceptors (Lipinski definition) is 2. The van der Waals surface area contributed by atoms with Crippen LogP contribution in [0.4, 0.5) is 0 Å². The van der Waals surface area contributed by atoms with Gasteiger partial charge >= 0.3 is 0 Å². The van der Waals surface area contributed by atoms with Crippen molar-refractivity contribution in [1.82, 2.24) is 9.78 Å². The van der Waals surface area contributed by atoms with E-state index in [2.05, 4.69) is 51.0 Å². The normalized spacial score (nSPS) is 11.9. The van der Waals surface area contributed by atoms with Gasteiger partial charge in [0.25, 0.3) is 0 Å². The van der Waals surface area contributed by atoms with Crippen LogP contribution in [0, 0.1) is 6.92 Å². The molecule has 0 aliphatic rings. The first-order chi connectivity index (χ1) is 8.82. The average molecular weight is 257 g/mol. The third-order valence-corrected chi connectivity index (χ3v) is 3.47. The summed E-state index contributed by atoms with van der Waals surface area (Å²) in [5, 5.41) is 4.54. The molecule has 1 aromatic heterocycles. The molecule has 0 bridgehead atoms. The van der Waals surface area contributed by atoms with Gasteiger partial charge in [0.05, 0.1) is 5.69 Å². The van der Waals surface area contributed by atoms with Crippen LogP contribution in [-0.4, -0.2) is 9.78 Å². The smallest absolute Gasteiger partial charge is 0.0970 e. The quantitative estimate of drug-likeness (QED) is 0.898. The summed E-state index contributed by atoms with van der Waals surface area (Å²) in [5.41, 5.74) is 11.8. The van der Waals surface area contributed by atoms with Crippen LogP contribution in [-0.2, 0) is 19.0 Å². The molecule has 3 nitrogen and oxygen atoms in total. The van der Waals surface area contributed by atoms with Crippen molar-refractivity contribution < 1.29 is 0 Å². The number of rotatable bonds is 2. The first-order valence-corrected chi connectivity index (χ1v) is 6.67. The van der Waals surface area contributed by atoms with Gasteiger partial charge < -0.3 is 5.73 Å². The highest BCUT2D eigenvalue weighted by atomic mass is 15.3. The first-order valence-electron chi connectivity index (χ1n) is 6.67. The first kappa shape index (κ1) is 13.8. The molecule has 0 radical (unpaired) electrons. The van der Waals surface area contributed by atoms with E-state index in [1.165, 1.54) is 16.7 Å². The van der Waals surface area contributed by atoms with Crippen molar-refractivity contribution in [2.45, 2.75) is 39.7 Å². The van der Waals surface area contributed by atoms with Gasteiger partial charge in [-0.1, -0.05) is 39.0 Å². The largest absolute Gasteiger partial charge is 0.326 e. The molecule has 19 heavy (non-hydrogen) atoms. The fourth-order valence-corrected chi connectivity index (χ4v) is 2.31. The Bertz CT molecular complexity index is 589. The third-order valence-electron chi connectivity index (χ3n) is 3.47. The monoisotopic (exact) mass is 257 g/mol. The van der Waals surface area contributed by atoms with Crippen molar-refractivity contribution in [2.24, 2.45) is 12.8 Å². The summed E-state index contributed by atoms with van der Waals surface area (Å²) in [7, 11) is 1.93. The molecule has 0 atom stereocenters. The molecule has 1 aromatic carbocycles. The van der Waals surface area contributed by atoms with E-state index in [9.17, 15) is 0 Å². The summed E-state index contributed by atoms with van der Waals surface area (Å²) >= 11 is 0. The lowest BCUT2D eigenvalue weighted by Crippen LogP contribution is -2.11. The average Bonchev–Trinajstić information content (AvgIpc) is 2.69. The zero-order valence-electron chi connectivity index (χ0n) is 12.5. The van der Waals surface area contributed by atoms with Crippen LogP contribution in [0.2, 0.25) is 0 Å². The molecule has 2 aromatic rings. The van der Waals surface area contributed by atoms with Crippen LogP contribution in [0.25, 0.3) is 11.3 Å². The summed E-state index contributed by atoms with van der Waals surface area (Å²) in [5.74, 6) is 0. The molecular formula is C16H23N3. The Morgan fingerprint density at radius 1 is 1.26 bits per heavy atom. The fourth-order valence-electron chi connectivity index (χ4n) is 2.31. The van der Waals surface area contributed by atoms with Crippen molar-refractivity contribution in [3.8, 4) is 11.3 Å². The van der Waals surface area contributed by atoms with Gasteiger partial charge in [-0.05, 0) is 23.5 Å². The molecule has 0 spiro atoms. The maximum Gasteiger partial charge on any atom is 0.0970 e.